The van der Waals surface area contributed by atoms with Gasteiger partial charge in [0.2, 0.25) is 0 Å². The first kappa shape index (κ1) is 18.2. The maximum Gasteiger partial charge on any atom is 0.439 e. The molecule has 0 radical (unpaired) electrons. The van der Waals surface area contributed by atoms with Gasteiger partial charge in [-0.05, 0) is 49.4 Å². The smallest absolute Gasteiger partial charge is 0.362 e. The SMILES string of the molecule is CC[C@@H]1CCC2=NN(C(=O)c3ccc(Cl)cc3)[C@@](O)(C(F)(F)F)[C@@H]2C1. The fraction of sp³-hybridized carbons (Fsp3) is 0.529. The van der Waals surface area contributed by atoms with Crippen LogP contribution in [0.2, 0.25) is 5.02 Å². The van der Waals surface area contributed by atoms with Crippen LogP contribution in [0.5, 0.6) is 0 Å². The van der Waals surface area contributed by atoms with E-state index in [2.05, 4.69) is 5.10 Å². The molecule has 1 aliphatic heterocycles. The molecule has 1 saturated carbocycles. The summed E-state index contributed by atoms with van der Waals surface area (Å²) in [6.45, 7) is 1.91. The van der Waals surface area contributed by atoms with Gasteiger partial charge in [0.05, 0.1) is 5.92 Å². The lowest BCUT2D eigenvalue weighted by Crippen LogP contribution is -2.61. The number of hydrazone groups is 1. The number of amides is 1. The van der Waals surface area contributed by atoms with Crippen molar-refractivity contribution in [3.8, 4) is 0 Å². The Hall–Kier alpha value is -1.60. The highest BCUT2D eigenvalue weighted by Gasteiger charge is 2.68. The van der Waals surface area contributed by atoms with Gasteiger partial charge in [-0.25, -0.2) is 0 Å². The van der Waals surface area contributed by atoms with E-state index in [0.29, 0.717) is 17.9 Å². The number of aliphatic hydroxyl groups is 1. The normalized spacial score (nSPS) is 29.4. The molecule has 1 N–H and O–H groups in total. The van der Waals surface area contributed by atoms with E-state index in [4.69, 9.17) is 11.6 Å². The highest BCUT2D eigenvalue weighted by molar-refractivity contribution is 6.30. The molecule has 25 heavy (non-hydrogen) atoms. The molecule has 1 fully saturated rings. The number of hydrogen-bond donors (Lipinski definition) is 1. The van der Waals surface area contributed by atoms with Crippen molar-refractivity contribution < 1.29 is 23.1 Å². The molecule has 1 amide bonds. The van der Waals surface area contributed by atoms with Crippen LogP contribution < -0.4 is 0 Å². The van der Waals surface area contributed by atoms with Crippen LogP contribution in [0, 0.1) is 11.8 Å². The summed E-state index contributed by atoms with van der Waals surface area (Å²) in [6, 6.07) is 5.45. The first-order valence-electron chi connectivity index (χ1n) is 8.15. The standard InChI is InChI=1S/C17H18ClF3N2O2/c1-2-10-3-8-14-13(9-10)16(25,17(19,20)21)23(22-14)15(24)11-4-6-12(18)7-5-11/h4-7,10,13,25H,2-3,8-9H2,1H3/t10-,13-,16+/m1/s1. The topological polar surface area (TPSA) is 52.9 Å². The summed E-state index contributed by atoms with van der Waals surface area (Å²) in [6.07, 6.45) is -3.06. The minimum atomic E-state index is -5.01. The molecule has 0 saturated heterocycles. The predicted molar refractivity (Wildman–Crippen MR) is 87.2 cm³/mol. The van der Waals surface area contributed by atoms with Crippen molar-refractivity contribution in [2.45, 2.75) is 44.5 Å². The van der Waals surface area contributed by atoms with Crippen LogP contribution in [0.25, 0.3) is 0 Å². The minimum Gasteiger partial charge on any atom is -0.362 e. The van der Waals surface area contributed by atoms with Gasteiger partial charge in [-0.15, -0.1) is 0 Å². The lowest BCUT2D eigenvalue weighted by molar-refractivity contribution is -0.313. The number of fused-ring (bicyclic) bond motifs is 1. The Balaban J connectivity index is 2.01. The molecule has 0 unspecified atom stereocenters. The van der Waals surface area contributed by atoms with Crippen molar-refractivity contribution in [2.24, 2.45) is 16.9 Å². The molecule has 1 aliphatic carbocycles. The Labute approximate surface area is 148 Å². The van der Waals surface area contributed by atoms with Crippen LogP contribution in [-0.2, 0) is 0 Å². The molecule has 3 atom stereocenters. The number of nitrogens with zero attached hydrogens (tertiary/aromatic N) is 2. The molecule has 1 aromatic carbocycles. The second kappa shape index (κ2) is 6.29. The van der Waals surface area contributed by atoms with E-state index in [9.17, 15) is 23.1 Å². The Morgan fingerprint density at radius 3 is 2.60 bits per heavy atom. The van der Waals surface area contributed by atoms with Gasteiger partial charge < -0.3 is 5.11 Å². The molecule has 1 heterocycles. The summed E-state index contributed by atoms with van der Waals surface area (Å²) in [5.74, 6) is -2.14. The lowest BCUT2D eigenvalue weighted by Gasteiger charge is -2.39. The van der Waals surface area contributed by atoms with Crippen molar-refractivity contribution in [1.29, 1.82) is 0 Å². The zero-order valence-electron chi connectivity index (χ0n) is 13.6. The van der Waals surface area contributed by atoms with Gasteiger partial charge in [0, 0.05) is 16.3 Å². The fourth-order valence-corrected chi connectivity index (χ4v) is 3.71. The number of hydrogen-bond acceptors (Lipinski definition) is 3. The lowest BCUT2D eigenvalue weighted by atomic mass is 9.74. The van der Waals surface area contributed by atoms with Gasteiger partial charge >= 0.3 is 6.18 Å². The van der Waals surface area contributed by atoms with Crippen molar-refractivity contribution in [3.05, 3.63) is 34.9 Å². The maximum atomic E-state index is 13.8. The summed E-state index contributed by atoms with van der Waals surface area (Å²) in [5, 5.41) is 15.1. The number of benzene rings is 1. The van der Waals surface area contributed by atoms with E-state index in [1.165, 1.54) is 24.3 Å². The second-order valence-corrected chi connectivity index (χ2v) is 6.98. The zero-order valence-corrected chi connectivity index (χ0v) is 14.3. The monoisotopic (exact) mass is 374 g/mol. The molecule has 0 aromatic heterocycles. The second-order valence-electron chi connectivity index (χ2n) is 6.54. The average molecular weight is 375 g/mol. The highest BCUT2D eigenvalue weighted by Crippen LogP contribution is 2.50. The van der Waals surface area contributed by atoms with Crippen LogP contribution in [0.1, 0.15) is 43.0 Å². The first-order valence-corrected chi connectivity index (χ1v) is 8.52. The van der Waals surface area contributed by atoms with Gasteiger partial charge in [0.15, 0.2) is 0 Å². The quantitative estimate of drug-likeness (QED) is 0.842. The van der Waals surface area contributed by atoms with Crippen LogP contribution in [0.15, 0.2) is 29.4 Å². The molecule has 4 nitrogen and oxygen atoms in total. The fourth-order valence-electron chi connectivity index (χ4n) is 3.59. The Morgan fingerprint density at radius 2 is 2.04 bits per heavy atom. The number of carbonyl (C=O) groups excluding carboxylic acids is 1. The Morgan fingerprint density at radius 1 is 1.40 bits per heavy atom. The molecular weight excluding hydrogens is 357 g/mol. The van der Waals surface area contributed by atoms with Gasteiger partial charge in [-0.1, -0.05) is 24.9 Å². The van der Waals surface area contributed by atoms with E-state index >= 15 is 0 Å². The zero-order chi connectivity index (χ0) is 18.4. The van der Waals surface area contributed by atoms with Gasteiger partial charge in [-0.3, -0.25) is 4.79 Å². The van der Waals surface area contributed by atoms with Crippen LogP contribution >= 0.6 is 11.6 Å². The summed E-state index contributed by atoms with van der Waals surface area (Å²) in [5.41, 5.74) is -3.08. The number of halogens is 4. The van der Waals surface area contributed by atoms with Crippen molar-refractivity contribution in [2.75, 3.05) is 0 Å². The molecule has 136 valence electrons. The Kier molecular flexibility index (Phi) is 4.58. The third-order valence-electron chi connectivity index (χ3n) is 5.10. The average Bonchev–Trinajstić information content (AvgIpc) is 2.88. The van der Waals surface area contributed by atoms with Crippen LogP contribution in [0.3, 0.4) is 0 Å². The van der Waals surface area contributed by atoms with E-state index in [1.807, 2.05) is 6.92 Å². The molecule has 2 aliphatic rings. The van der Waals surface area contributed by atoms with Crippen LogP contribution in [-0.4, -0.2) is 33.6 Å². The molecular formula is C17H18ClF3N2O2. The summed E-state index contributed by atoms with van der Waals surface area (Å²) in [7, 11) is 0. The van der Waals surface area contributed by atoms with E-state index in [0.717, 1.165) is 6.42 Å². The molecule has 1 aromatic rings. The minimum absolute atomic E-state index is 0.0119. The molecule has 3 rings (SSSR count). The summed E-state index contributed by atoms with van der Waals surface area (Å²) in [4.78, 5) is 12.6. The largest absolute Gasteiger partial charge is 0.439 e. The first-order chi connectivity index (χ1) is 11.7. The van der Waals surface area contributed by atoms with E-state index in [1.54, 1.807) is 0 Å². The van der Waals surface area contributed by atoms with Gasteiger partial charge in [-0.2, -0.15) is 23.3 Å². The number of rotatable bonds is 2. The third kappa shape index (κ3) is 2.93. The number of carbonyl (C=O) groups is 1. The van der Waals surface area contributed by atoms with Crippen LogP contribution in [0.4, 0.5) is 13.2 Å². The highest BCUT2D eigenvalue weighted by atomic mass is 35.5. The van der Waals surface area contributed by atoms with Crippen molar-refractivity contribution >= 4 is 23.2 Å². The summed E-state index contributed by atoms with van der Waals surface area (Å²) < 4.78 is 41.4. The molecule has 0 spiro atoms. The maximum absolute atomic E-state index is 13.8. The van der Waals surface area contributed by atoms with Gasteiger partial charge in [0.1, 0.15) is 0 Å². The van der Waals surface area contributed by atoms with E-state index in [-0.39, 0.29) is 28.6 Å². The van der Waals surface area contributed by atoms with E-state index < -0.39 is 23.7 Å². The number of alkyl halides is 3. The predicted octanol–water partition coefficient (Wildman–Crippen LogP) is 4.23. The third-order valence-corrected chi connectivity index (χ3v) is 5.35. The van der Waals surface area contributed by atoms with Crippen molar-refractivity contribution in [3.63, 3.8) is 0 Å². The van der Waals surface area contributed by atoms with Crippen molar-refractivity contribution in [1.82, 2.24) is 5.01 Å². The van der Waals surface area contributed by atoms with Gasteiger partial charge in [0.25, 0.3) is 11.6 Å². The molecule has 8 heteroatoms. The molecule has 0 bridgehead atoms. The summed E-state index contributed by atoms with van der Waals surface area (Å²) >= 11 is 5.75. The Bertz CT molecular complexity index is 705.